The number of ether oxygens (including phenoxy) is 1. The van der Waals surface area contributed by atoms with E-state index in [2.05, 4.69) is 24.1 Å². The Hall–Kier alpha value is -2.60. The first-order valence-corrected chi connectivity index (χ1v) is 9.77. The van der Waals surface area contributed by atoms with Crippen LogP contribution in [0.3, 0.4) is 0 Å². The van der Waals surface area contributed by atoms with Gasteiger partial charge in [0.15, 0.2) is 6.10 Å². The van der Waals surface area contributed by atoms with Crippen LogP contribution in [0.5, 0.6) is 5.75 Å². The molecule has 2 amide bonds. The van der Waals surface area contributed by atoms with Gasteiger partial charge >= 0.3 is 0 Å². The van der Waals surface area contributed by atoms with E-state index in [0.717, 1.165) is 5.56 Å². The lowest BCUT2D eigenvalue weighted by Crippen LogP contribution is -2.41. The third-order valence-corrected chi connectivity index (χ3v) is 4.80. The molecule has 0 saturated heterocycles. The predicted octanol–water partition coefficient (Wildman–Crippen LogP) is 4.14. The molecule has 148 valence electrons. The Balaban J connectivity index is 1.86. The van der Waals surface area contributed by atoms with Crippen molar-refractivity contribution in [2.75, 3.05) is 11.9 Å². The molecule has 1 aromatic carbocycles. The van der Waals surface area contributed by atoms with Gasteiger partial charge in [-0.05, 0) is 42.7 Å². The smallest absolute Gasteiger partial charge is 0.263 e. The number of halogens is 1. The highest BCUT2D eigenvalue weighted by Crippen LogP contribution is 2.30. The first kappa shape index (κ1) is 20.1. The molecule has 1 aliphatic rings. The van der Waals surface area contributed by atoms with Gasteiger partial charge < -0.3 is 15.0 Å². The van der Waals surface area contributed by atoms with Gasteiger partial charge in [0.25, 0.3) is 11.8 Å². The highest BCUT2D eigenvalue weighted by molar-refractivity contribution is 6.33. The number of pyridine rings is 1. The molecule has 0 saturated carbocycles. The molecule has 7 heteroatoms. The van der Waals surface area contributed by atoms with Crippen molar-refractivity contribution >= 4 is 29.1 Å². The van der Waals surface area contributed by atoms with Crippen LogP contribution in [-0.4, -0.2) is 34.3 Å². The van der Waals surface area contributed by atoms with E-state index in [-0.39, 0.29) is 17.0 Å². The zero-order valence-corrected chi connectivity index (χ0v) is 17.0. The average molecular weight is 402 g/mol. The molecular formula is C21H24ClN3O3. The number of carbonyl (C=O) groups excluding carboxylic acids is 2. The lowest BCUT2D eigenvalue weighted by atomic mass is 10.1. The van der Waals surface area contributed by atoms with E-state index >= 15 is 0 Å². The maximum absolute atomic E-state index is 12.8. The van der Waals surface area contributed by atoms with Gasteiger partial charge in [0.1, 0.15) is 10.9 Å². The topological polar surface area (TPSA) is 71.5 Å². The number of anilines is 1. The average Bonchev–Trinajstić information content (AvgIpc) is 2.78. The minimum absolute atomic E-state index is 0.000118. The van der Waals surface area contributed by atoms with Crippen LogP contribution in [0.2, 0.25) is 5.15 Å². The van der Waals surface area contributed by atoms with Crippen molar-refractivity contribution in [1.29, 1.82) is 0 Å². The summed E-state index contributed by atoms with van der Waals surface area (Å²) in [6.07, 6.45) is 1.64. The third-order valence-electron chi connectivity index (χ3n) is 4.50. The van der Waals surface area contributed by atoms with Gasteiger partial charge in [-0.2, -0.15) is 0 Å². The number of amides is 2. The Labute approximate surface area is 169 Å². The van der Waals surface area contributed by atoms with Gasteiger partial charge in [-0.1, -0.05) is 32.4 Å². The van der Waals surface area contributed by atoms with E-state index in [1.54, 1.807) is 24.3 Å². The third kappa shape index (κ3) is 4.44. The van der Waals surface area contributed by atoms with Gasteiger partial charge in [-0.15, -0.1) is 0 Å². The number of hydrogen-bond acceptors (Lipinski definition) is 4. The van der Waals surface area contributed by atoms with Gasteiger partial charge in [-0.3, -0.25) is 9.59 Å². The van der Waals surface area contributed by atoms with Crippen LogP contribution >= 0.6 is 11.6 Å². The van der Waals surface area contributed by atoms with Gasteiger partial charge in [0.05, 0.1) is 5.56 Å². The summed E-state index contributed by atoms with van der Waals surface area (Å²) < 4.78 is 5.96. The minimum Gasteiger partial charge on any atom is -0.480 e. The molecule has 2 heterocycles. The maximum atomic E-state index is 12.8. The maximum Gasteiger partial charge on any atom is 0.263 e. The van der Waals surface area contributed by atoms with Gasteiger partial charge in [-0.25, -0.2) is 4.98 Å². The van der Waals surface area contributed by atoms with Crippen LogP contribution in [0, 0.1) is 5.92 Å². The van der Waals surface area contributed by atoms with Crippen molar-refractivity contribution < 1.29 is 14.3 Å². The molecule has 0 bridgehead atoms. The molecule has 0 fully saturated rings. The first-order chi connectivity index (χ1) is 13.4. The van der Waals surface area contributed by atoms with Crippen LogP contribution in [0.25, 0.3) is 0 Å². The van der Waals surface area contributed by atoms with Crippen LogP contribution in [0.4, 0.5) is 5.69 Å². The molecule has 0 aliphatic carbocycles. The highest BCUT2D eigenvalue weighted by atomic mass is 35.5. The molecule has 1 unspecified atom stereocenters. The second-order valence-corrected chi connectivity index (χ2v) is 7.60. The fourth-order valence-corrected chi connectivity index (χ4v) is 3.40. The van der Waals surface area contributed by atoms with E-state index < -0.39 is 6.10 Å². The van der Waals surface area contributed by atoms with Crippen LogP contribution < -0.4 is 10.1 Å². The Bertz CT molecular complexity index is 885. The second kappa shape index (κ2) is 8.61. The monoisotopic (exact) mass is 401 g/mol. The standard InChI is InChI=1S/C21H24ClN3O3/c1-4-17-21(27)25(11-13(2)3)12-14-10-15(7-8-18(14)28-17)24-20(26)16-6-5-9-23-19(16)22/h5-10,13,17H,4,11-12H2,1-3H3,(H,24,26). The van der Waals surface area contributed by atoms with Crippen molar-refractivity contribution in [2.45, 2.75) is 39.8 Å². The molecule has 1 aromatic heterocycles. The number of carbonyl (C=O) groups is 2. The Morgan fingerprint density at radius 2 is 2.18 bits per heavy atom. The summed E-state index contributed by atoms with van der Waals surface area (Å²) in [7, 11) is 0. The van der Waals surface area contributed by atoms with Crippen LogP contribution in [-0.2, 0) is 11.3 Å². The molecular weight excluding hydrogens is 378 g/mol. The zero-order chi connectivity index (χ0) is 20.3. The van der Waals surface area contributed by atoms with E-state index in [4.69, 9.17) is 16.3 Å². The van der Waals surface area contributed by atoms with E-state index in [1.165, 1.54) is 6.20 Å². The molecule has 1 N–H and O–H groups in total. The van der Waals surface area contributed by atoms with Crippen molar-refractivity contribution in [1.82, 2.24) is 9.88 Å². The number of nitrogens with zero attached hydrogens (tertiary/aromatic N) is 2. The first-order valence-electron chi connectivity index (χ1n) is 9.39. The molecule has 0 radical (unpaired) electrons. The summed E-state index contributed by atoms with van der Waals surface area (Å²) in [6.45, 7) is 7.19. The summed E-state index contributed by atoms with van der Waals surface area (Å²) in [5, 5.41) is 2.99. The molecule has 1 atom stereocenters. The number of nitrogens with one attached hydrogen (secondary N) is 1. The van der Waals surface area contributed by atoms with Gasteiger partial charge in [0.2, 0.25) is 0 Å². The molecule has 2 aromatic rings. The quantitative estimate of drug-likeness (QED) is 0.764. The number of benzene rings is 1. The predicted molar refractivity (Wildman–Crippen MR) is 109 cm³/mol. The molecule has 0 spiro atoms. The fraction of sp³-hybridized carbons (Fsp3) is 0.381. The zero-order valence-electron chi connectivity index (χ0n) is 16.2. The Morgan fingerprint density at radius 3 is 2.86 bits per heavy atom. The van der Waals surface area contributed by atoms with Crippen molar-refractivity contribution in [3.63, 3.8) is 0 Å². The lowest BCUT2D eigenvalue weighted by Gasteiger charge is -2.24. The van der Waals surface area contributed by atoms with E-state index in [9.17, 15) is 9.59 Å². The normalized spacial score (nSPS) is 16.4. The Kier molecular flexibility index (Phi) is 6.19. The van der Waals surface area contributed by atoms with E-state index in [0.29, 0.717) is 42.4 Å². The summed E-state index contributed by atoms with van der Waals surface area (Å²) in [5.41, 5.74) is 1.78. The van der Waals surface area contributed by atoms with E-state index in [1.807, 2.05) is 17.9 Å². The number of aromatic nitrogens is 1. The largest absolute Gasteiger partial charge is 0.480 e. The highest BCUT2D eigenvalue weighted by Gasteiger charge is 2.30. The van der Waals surface area contributed by atoms with Crippen molar-refractivity contribution in [3.8, 4) is 5.75 Å². The summed E-state index contributed by atoms with van der Waals surface area (Å²) in [4.78, 5) is 31.0. The fourth-order valence-electron chi connectivity index (χ4n) is 3.19. The number of fused-ring (bicyclic) bond motifs is 1. The molecule has 6 nitrogen and oxygen atoms in total. The molecule has 1 aliphatic heterocycles. The number of rotatable bonds is 5. The lowest BCUT2D eigenvalue weighted by molar-refractivity contribution is -0.139. The SMILES string of the molecule is CCC1Oc2ccc(NC(=O)c3cccnc3Cl)cc2CN(CC(C)C)C1=O. The second-order valence-electron chi connectivity index (χ2n) is 7.25. The van der Waals surface area contributed by atoms with Crippen molar-refractivity contribution in [2.24, 2.45) is 5.92 Å². The summed E-state index contributed by atoms with van der Waals surface area (Å²) in [5.74, 6) is 0.678. The van der Waals surface area contributed by atoms with Gasteiger partial charge in [0, 0.05) is 30.5 Å². The Morgan fingerprint density at radius 1 is 1.39 bits per heavy atom. The summed E-state index contributed by atoms with van der Waals surface area (Å²) in [6, 6.07) is 8.68. The number of hydrogen-bond donors (Lipinski definition) is 1. The van der Waals surface area contributed by atoms with Crippen LogP contribution in [0.1, 0.15) is 43.1 Å². The molecule has 28 heavy (non-hydrogen) atoms. The van der Waals surface area contributed by atoms with Crippen molar-refractivity contribution in [3.05, 3.63) is 52.8 Å². The summed E-state index contributed by atoms with van der Waals surface area (Å²) >= 11 is 6.00. The molecule has 3 rings (SSSR count). The minimum atomic E-state index is -0.491. The van der Waals surface area contributed by atoms with Crippen LogP contribution in [0.15, 0.2) is 36.5 Å².